The molecular formula is C19H34IN5. The maximum Gasteiger partial charge on any atom is 0.188 e. The number of hydrogen-bond donors (Lipinski definition) is 2. The molecular weight excluding hydrogens is 425 g/mol. The summed E-state index contributed by atoms with van der Waals surface area (Å²) in [5, 5.41) is 3.22. The SMILES string of the molecule is CCCCN=C(N)NCCN1CCN(c2cccc(C)c2C)CC1.I. The number of anilines is 1. The van der Waals surface area contributed by atoms with Gasteiger partial charge >= 0.3 is 0 Å². The van der Waals surface area contributed by atoms with Crippen molar-refractivity contribution in [3.63, 3.8) is 0 Å². The van der Waals surface area contributed by atoms with Crippen molar-refractivity contribution in [2.24, 2.45) is 10.7 Å². The van der Waals surface area contributed by atoms with Crippen LogP contribution in [0.15, 0.2) is 23.2 Å². The van der Waals surface area contributed by atoms with Gasteiger partial charge in [0.2, 0.25) is 0 Å². The molecule has 0 aromatic heterocycles. The highest BCUT2D eigenvalue weighted by atomic mass is 127. The fourth-order valence-corrected chi connectivity index (χ4v) is 3.05. The summed E-state index contributed by atoms with van der Waals surface area (Å²) >= 11 is 0. The lowest BCUT2D eigenvalue weighted by Gasteiger charge is -2.37. The Balaban J connectivity index is 0.00000312. The Bertz CT molecular complexity index is 539. The van der Waals surface area contributed by atoms with Crippen LogP contribution in [0.1, 0.15) is 30.9 Å². The first-order valence-corrected chi connectivity index (χ1v) is 9.19. The number of aryl methyl sites for hydroxylation is 1. The standard InChI is InChI=1S/C19H33N5.HI/c1-4-5-9-21-19(20)22-10-11-23-12-14-24(15-13-23)18-8-6-7-16(2)17(18)3;/h6-8H,4-5,9-15H2,1-3H3,(H3,20,21,22);1H. The Labute approximate surface area is 170 Å². The van der Waals surface area contributed by atoms with Gasteiger partial charge in [-0.05, 0) is 37.5 Å². The Hall–Kier alpha value is -1.02. The summed E-state index contributed by atoms with van der Waals surface area (Å²) in [6.45, 7) is 13.7. The topological polar surface area (TPSA) is 56.9 Å². The van der Waals surface area contributed by atoms with E-state index in [0.717, 1.165) is 58.7 Å². The smallest absolute Gasteiger partial charge is 0.188 e. The third kappa shape index (κ3) is 7.01. The van der Waals surface area contributed by atoms with Crippen LogP contribution in [0.5, 0.6) is 0 Å². The number of nitrogens with two attached hydrogens (primary N) is 1. The lowest BCUT2D eigenvalue weighted by atomic mass is 10.1. The molecule has 1 saturated heterocycles. The molecule has 0 radical (unpaired) electrons. The van der Waals surface area contributed by atoms with Gasteiger partial charge < -0.3 is 16.0 Å². The molecule has 5 nitrogen and oxygen atoms in total. The number of guanidine groups is 1. The van der Waals surface area contributed by atoms with E-state index in [0.29, 0.717) is 5.96 Å². The van der Waals surface area contributed by atoms with E-state index in [9.17, 15) is 0 Å². The number of nitrogens with zero attached hydrogens (tertiary/aromatic N) is 3. The first-order chi connectivity index (χ1) is 11.6. The summed E-state index contributed by atoms with van der Waals surface area (Å²) in [5.41, 5.74) is 10.0. The summed E-state index contributed by atoms with van der Waals surface area (Å²) < 4.78 is 0. The van der Waals surface area contributed by atoms with E-state index in [2.05, 4.69) is 59.1 Å². The first-order valence-electron chi connectivity index (χ1n) is 9.19. The van der Waals surface area contributed by atoms with Gasteiger partial charge in [0.1, 0.15) is 0 Å². The minimum atomic E-state index is 0. The predicted octanol–water partition coefficient (Wildman–Crippen LogP) is 2.75. The molecule has 0 amide bonds. The second kappa shape index (κ2) is 11.6. The van der Waals surface area contributed by atoms with Crippen LogP contribution < -0.4 is 16.0 Å². The second-order valence-electron chi connectivity index (χ2n) is 6.60. The molecule has 25 heavy (non-hydrogen) atoms. The first kappa shape index (κ1) is 22.0. The Morgan fingerprint density at radius 2 is 1.92 bits per heavy atom. The molecule has 6 heteroatoms. The van der Waals surface area contributed by atoms with Crippen molar-refractivity contribution < 1.29 is 0 Å². The molecule has 0 unspecified atom stereocenters. The highest BCUT2D eigenvalue weighted by Crippen LogP contribution is 2.23. The maximum atomic E-state index is 5.87. The van der Waals surface area contributed by atoms with E-state index < -0.39 is 0 Å². The normalized spacial score (nSPS) is 15.8. The molecule has 1 aliphatic heterocycles. The number of hydrogen-bond acceptors (Lipinski definition) is 3. The van der Waals surface area contributed by atoms with Crippen LogP contribution in [0.3, 0.4) is 0 Å². The van der Waals surface area contributed by atoms with Crippen molar-refractivity contribution in [3.8, 4) is 0 Å². The van der Waals surface area contributed by atoms with Gasteiger partial charge in [-0.25, -0.2) is 0 Å². The molecule has 0 saturated carbocycles. The number of benzene rings is 1. The van der Waals surface area contributed by atoms with E-state index >= 15 is 0 Å². The number of rotatable bonds is 7. The fraction of sp³-hybridized carbons (Fsp3) is 0.632. The zero-order valence-electron chi connectivity index (χ0n) is 15.9. The van der Waals surface area contributed by atoms with Gasteiger partial charge in [0.25, 0.3) is 0 Å². The van der Waals surface area contributed by atoms with Crippen LogP contribution in [0.4, 0.5) is 5.69 Å². The highest BCUT2D eigenvalue weighted by molar-refractivity contribution is 14.0. The van der Waals surface area contributed by atoms with Gasteiger partial charge in [-0.15, -0.1) is 24.0 Å². The third-order valence-corrected chi connectivity index (χ3v) is 4.82. The van der Waals surface area contributed by atoms with E-state index in [1.165, 1.54) is 16.8 Å². The Morgan fingerprint density at radius 1 is 1.20 bits per heavy atom. The Morgan fingerprint density at radius 3 is 2.60 bits per heavy atom. The van der Waals surface area contributed by atoms with Crippen molar-refractivity contribution in [2.75, 3.05) is 50.7 Å². The zero-order chi connectivity index (χ0) is 17.4. The number of halogens is 1. The average Bonchev–Trinajstić information content (AvgIpc) is 2.58. The minimum absolute atomic E-state index is 0. The molecule has 1 aromatic carbocycles. The molecule has 1 aliphatic rings. The molecule has 0 aliphatic carbocycles. The highest BCUT2D eigenvalue weighted by Gasteiger charge is 2.18. The monoisotopic (exact) mass is 459 g/mol. The van der Waals surface area contributed by atoms with Gasteiger partial charge in [0.15, 0.2) is 5.96 Å². The third-order valence-electron chi connectivity index (χ3n) is 4.82. The van der Waals surface area contributed by atoms with Crippen LogP contribution in [-0.4, -0.2) is 56.7 Å². The second-order valence-corrected chi connectivity index (χ2v) is 6.60. The fourth-order valence-electron chi connectivity index (χ4n) is 3.05. The zero-order valence-corrected chi connectivity index (χ0v) is 18.3. The van der Waals surface area contributed by atoms with Crippen molar-refractivity contribution in [3.05, 3.63) is 29.3 Å². The molecule has 1 fully saturated rings. The quantitative estimate of drug-likeness (QED) is 0.285. The van der Waals surface area contributed by atoms with Crippen molar-refractivity contribution in [2.45, 2.75) is 33.6 Å². The number of aliphatic imine (C=N–C) groups is 1. The van der Waals surface area contributed by atoms with Crippen molar-refractivity contribution in [1.29, 1.82) is 0 Å². The maximum absolute atomic E-state index is 5.87. The van der Waals surface area contributed by atoms with Gasteiger partial charge in [0.05, 0.1) is 0 Å². The number of piperazine rings is 1. The van der Waals surface area contributed by atoms with Crippen LogP contribution in [0.25, 0.3) is 0 Å². The van der Waals surface area contributed by atoms with Crippen LogP contribution in [-0.2, 0) is 0 Å². The molecule has 0 bridgehead atoms. The summed E-state index contributed by atoms with van der Waals surface area (Å²) in [6, 6.07) is 6.59. The predicted molar refractivity (Wildman–Crippen MR) is 119 cm³/mol. The van der Waals surface area contributed by atoms with E-state index in [1.54, 1.807) is 0 Å². The Kier molecular flexibility index (Phi) is 10.2. The van der Waals surface area contributed by atoms with Gasteiger partial charge in [0, 0.05) is 51.5 Å². The summed E-state index contributed by atoms with van der Waals surface area (Å²) in [6.07, 6.45) is 2.25. The molecule has 3 N–H and O–H groups in total. The minimum Gasteiger partial charge on any atom is -0.370 e. The molecule has 0 spiro atoms. The molecule has 1 aromatic rings. The summed E-state index contributed by atoms with van der Waals surface area (Å²) in [4.78, 5) is 9.32. The van der Waals surface area contributed by atoms with E-state index in [4.69, 9.17) is 5.73 Å². The summed E-state index contributed by atoms with van der Waals surface area (Å²) in [7, 11) is 0. The van der Waals surface area contributed by atoms with Gasteiger partial charge in [-0.1, -0.05) is 25.5 Å². The number of unbranched alkanes of at least 4 members (excludes halogenated alkanes) is 1. The van der Waals surface area contributed by atoms with Crippen LogP contribution in [0, 0.1) is 13.8 Å². The molecule has 142 valence electrons. The van der Waals surface area contributed by atoms with Crippen LogP contribution >= 0.6 is 24.0 Å². The van der Waals surface area contributed by atoms with E-state index in [1.807, 2.05) is 0 Å². The molecule has 2 rings (SSSR count). The van der Waals surface area contributed by atoms with Crippen LogP contribution in [0.2, 0.25) is 0 Å². The lowest BCUT2D eigenvalue weighted by Crippen LogP contribution is -2.49. The molecule has 1 heterocycles. The molecule has 0 atom stereocenters. The van der Waals surface area contributed by atoms with Gasteiger partial charge in [-0.3, -0.25) is 9.89 Å². The lowest BCUT2D eigenvalue weighted by molar-refractivity contribution is 0.261. The largest absolute Gasteiger partial charge is 0.370 e. The van der Waals surface area contributed by atoms with E-state index in [-0.39, 0.29) is 24.0 Å². The van der Waals surface area contributed by atoms with Gasteiger partial charge in [-0.2, -0.15) is 0 Å². The van der Waals surface area contributed by atoms with Crippen molar-refractivity contribution >= 4 is 35.6 Å². The average molecular weight is 459 g/mol. The summed E-state index contributed by atoms with van der Waals surface area (Å²) in [5.74, 6) is 0.581. The number of nitrogens with one attached hydrogen (secondary N) is 1. The van der Waals surface area contributed by atoms with Crippen molar-refractivity contribution in [1.82, 2.24) is 10.2 Å².